The van der Waals surface area contributed by atoms with Crippen LogP contribution < -0.4 is 14.2 Å². The molecule has 2 rings (SSSR count). The quantitative estimate of drug-likeness (QED) is 0.419. The number of hydrogen-bond donors (Lipinski definition) is 0. The molecule has 1 aliphatic carbocycles. The van der Waals surface area contributed by atoms with Gasteiger partial charge < -0.3 is 19.1 Å². The highest BCUT2D eigenvalue weighted by Crippen LogP contribution is 2.48. The number of rotatable bonds is 12. The number of hydrogen-bond acceptors (Lipinski definition) is 5. The number of benzene rings is 1. The van der Waals surface area contributed by atoms with Gasteiger partial charge in [-0.3, -0.25) is 0 Å². The third-order valence-electron chi connectivity index (χ3n) is 7.12. The van der Waals surface area contributed by atoms with Gasteiger partial charge in [-0.25, -0.2) is 0 Å². The standard InChI is InChI=1S/C26H42N2O3/c1-20(2)26(19-27,22-13-14-23(29-4)25(31-6)24(22)30-5)16-10-17-28(3)18-15-21-11-8-7-9-12-21/h13-14,20-21H,7-12,15-18H2,1-6H3. The van der Waals surface area contributed by atoms with Crippen LogP contribution in [-0.2, 0) is 5.41 Å². The van der Waals surface area contributed by atoms with Crippen LogP contribution in [0.25, 0.3) is 0 Å². The van der Waals surface area contributed by atoms with Crippen molar-refractivity contribution in [3.05, 3.63) is 17.7 Å². The maximum Gasteiger partial charge on any atom is 0.203 e. The Morgan fingerprint density at radius 3 is 2.26 bits per heavy atom. The Hall–Kier alpha value is -1.93. The van der Waals surface area contributed by atoms with Crippen LogP contribution in [-0.4, -0.2) is 46.4 Å². The van der Waals surface area contributed by atoms with Crippen molar-refractivity contribution in [1.29, 1.82) is 5.26 Å². The van der Waals surface area contributed by atoms with Gasteiger partial charge in [-0.05, 0) is 63.4 Å². The lowest BCUT2D eigenvalue weighted by Crippen LogP contribution is -2.33. The molecule has 0 N–H and O–H groups in total. The minimum Gasteiger partial charge on any atom is -0.493 e. The van der Waals surface area contributed by atoms with E-state index in [1.54, 1.807) is 21.3 Å². The second-order valence-electron chi connectivity index (χ2n) is 9.32. The van der Waals surface area contributed by atoms with Crippen LogP contribution in [0.15, 0.2) is 12.1 Å². The topological polar surface area (TPSA) is 54.7 Å². The van der Waals surface area contributed by atoms with Gasteiger partial charge in [0.15, 0.2) is 11.5 Å². The fraction of sp³-hybridized carbons (Fsp3) is 0.731. The molecule has 5 heteroatoms. The highest BCUT2D eigenvalue weighted by atomic mass is 16.5. The van der Waals surface area contributed by atoms with Gasteiger partial charge in [-0.15, -0.1) is 0 Å². The monoisotopic (exact) mass is 430 g/mol. The zero-order valence-electron chi connectivity index (χ0n) is 20.5. The van der Waals surface area contributed by atoms with Gasteiger partial charge in [0.25, 0.3) is 0 Å². The van der Waals surface area contributed by atoms with E-state index in [1.807, 2.05) is 12.1 Å². The fourth-order valence-corrected chi connectivity index (χ4v) is 5.05. The number of methoxy groups -OCH3 is 3. The molecule has 5 nitrogen and oxygen atoms in total. The maximum absolute atomic E-state index is 10.4. The summed E-state index contributed by atoms with van der Waals surface area (Å²) in [5.41, 5.74) is 0.241. The van der Waals surface area contributed by atoms with E-state index in [0.29, 0.717) is 17.2 Å². The summed E-state index contributed by atoms with van der Waals surface area (Å²) in [4.78, 5) is 2.43. The summed E-state index contributed by atoms with van der Waals surface area (Å²) in [6.07, 6.45) is 10.1. The molecule has 0 amide bonds. The first-order chi connectivity index (χ1) is 14.9. The zero-order valence-corrected chi connectivity index (χ0v) is 20.5. The highest BCUT2D eigenvalue weighted by molar-refractivity contribution is 5.59. The molecule has 1 aromatic rings. The van der Waals surface area contributed by atoms with Crippen LogP contribution in [0.3, 0.4) is 0 Å². The van der Waals surface area contributed by atoms with E-state index in [4.69, 9.17) is 14.2 Å². The minimum absolute atomic E-state index is 0.136. The van der Waals surface area contributed by atoms with Crippen molar-refractivity contribution in [1.82, 2.24) is 4.90 Å². The molecule has 1 saturated carbocycles. The summed E-state index contributed by atoms with van der Waals surface area (Å²) in [5.74, 6) is 2.80. The van der Waals surface area contributed by atoms with Gasteiger partial charge in [0.05, 0.1) is 32.8 Å². The van der Waals surface area contributed by atoms with Gasteiger partial charge in [-0.1, -0.05) is 46.0 Å². The number of nitrogens with zero attached hydrogens (tertiary/aromatic N) is 2. The zero-order chi connectivity index (χ0) is 22.9. The largest absolute Gasteiger partial charge is 0.493 e. The highest BCUT2D eigenvalue weighted by Gasteiger charge is 2.39. The third-order valence-corrected chi connectivity index (χ3v) is 7.12. The smallest absolute Gasteiger partial charge is 0.203 e. The second-order valence-corrected chi connectivity index (χ2v) is 9.32. The van der Waals surface area contributed by atoms with E-state index >= 15 is 0 Å². The molecule has 1 unspecified atom stereocenters. The summed E-state index contributed by atoms with van der Waals surface area (Å²) in [7, 11) is 7.06. The summed E-state index contributed by atoms with van der Waals surface area (Å²) in [6, 6.07) is 6.50. The molecule has 0 aromatic heterocycles. The molecule has 1 aliphatic rings. The first-order valence-corrected chi connectivity index (χ1v) is 11.8. The second kappa shape index (κ2) is 12.2. The normalized spacial score (nSPS) is 16.7. The van der Waals surface area contributed by atoms with Crippen LogP contribution in [0, 0.1) is 23.2 Å². The van der Waals surface area contributed by atoms with Crippen LogP contribution >= 0.6 is 0 Å². The lowest BCUT2D eigenvalue weighted by Gasteiger charge is -2.34. The molecule has 0 radical (unpaired) electrons. The van der Waals surface area contributed by atoms with E-state index in [1.165, 1.54) is 38.5 Å². The third kappa shape index (κ3) is 6.07. The van der Waals surface area contributed by atoms with Crippen molar-refractivity contribution in [2.75, 3.05) is 41.5 Å². The van der Waals surface area contributed by atoms with Crippen molar-refractivity contribution in [2.45, 2.75) is 70.6 Å². The number of nitriles is 1. The molecule has 0 bridgehead atoms. The van der Waals surface area contributed by atoms with Crippen LogP contribution in [0.2, 0.25) is 0 Å². The lowest BCUT2D eigenvalue weighted by molar-refractivity contribution is 0.249. The Morgan fingerprint density at radius 1 is 1.03 bits per heavy atom. The van der Waals surface area contributed by atoms with Gasteiger partial charge >= 0.3 is 0 Å². The molecule has 174 valence electrons. The molecule has 31 heavy (non-hydrogen) atoms. The van der Waals surface area contributed by atoms with E-state index < -0.39 is 5.41 Å². The first-order valence-electron chi connectivity index (χ1n) is 11.8. The van der Waals surface area contributed by atoms with Crippen molar-refractivity contribution < 1.29 is 14.2 Å². The van der Waals surface area contributed by atoms with E-state index in [2.05, 4.69) is 31.9 Å². The van der Waals surface area contributed by atoms with E-state index in [9.17, 15) is 5.26 Å². The molecule has 1 aromatic carbocycles. The average Bonchev–Trinajstić information content (AvgIpc) is 2.80. The fourth-order valence-electron chi connectivity index (χ4n) is 5.05. The molecular weight excluding hydrogens is 388 g/mol. The molecule has 0 saturated heterocycles. The SMILES string of the molecule is COc1ccc(C(C#N)(CCCN(C)CCC2CCCCC2)C(C)C)c(OC)c1OC. The summed E-state index contributed by atoms with van der Waals surface area (Å²) >= 11 is 0. The molecular formula is C26H42N2O3. The Kier molecular flexibility index (Phi) is 9.96. The van der Waals surface area contributed by atoms with Crippen molar-refractivity contribution in [2.24, 2.45) is 11.8 Å². The van der Waals surface area contributed by atoms with Crippen molar-refractivity contribution >= 4 is 0 Å². The Morgan fingerprint density at radius 2 is 1.71 bits per heavy atom. The first kappa shape index (κ1) is 25.3. The van der Waals surface area contributed by atoms with Crippen molar-refractivity contribution in [3.63, 3.8) is 0 Å². The molecule has 1 atom stereocenters. The van der Waals surface area contributed by atoms with Crippen LogP contribution in [0.1, 0.15) is 70.8 Å². The molecule has 0 aliphatic heterocycles. The molecule has 1 fully saturated rings. The van der Waals surface area contributed by atoms with E-state index in [-0.39, 0.29) is 5.92 Å². The van der Waals surface area contributed by atoms with Crippen LogP contribution in [0.5, 0.6) is 17.2 Å². The van der Waals surface area contributed by atoms with Gasteiger partial charge in [-0.2, -0.15) is 5.26 Å². The number of ether oxygens (including phenoxy) is 3. The van der Waals surface area contributed by atoms with Crippen LogP contribution in [0.4, 0.5) is 0 Å². The Bertz CT molecular complexity index is 722. The van der Waals surface area contributed by atoms with Crippen molar-refractivity contribution in [3.8, 4) is 23.3 Å². The summed E-state index contributed by atoms with van der Waals surface area (Å²) < 4.78 is 16.8. The molecule has 0 spiro atoms. The van der Waals surface area contributed by atoms with Gasteiger partial charge in [0.1, 0.15) is 0 Å². The van der Waals surface area contributed by atoms with E-state index in [0.717, 1.165) is 37.4 Å². The predicted octanol–water partition coefficient (Wildman–Crippen LogP) is 5.81. The summed E-state index contributed by atoms with van der Waals surface area (Å²) in [5, 5.41) is 10.4. The maximum atomic E-state index is 10.4. The molecule has 0 heterocycles. The van der Waals surface area contributed by atoms with Gasteiger partial charge in [0, 0.05) is 5.56 Å². The Labute approximate surface area is 189 Å². The Balaban J connectivity index is 2.11. The summed E-state index contributed by atoms with van der Waals surface area (Å²) in [6.45, 7) is 6.38. The predicted molar refractivity (Wildman–Crippen MR) is 126 cm³/mol. The van der Waals surface area contributed by atoms with Gasteiger partial charge in [0.2, 0.25) is 5.75 Å². The minimum atomic E-state index is -0.644. The average molecular weight is 431 g/mol. The lowest BCUT2D eigenvalue weighted by atomic mass is 9.69.